The Hall–Kier alpha value is -1.12. The van der Waals surface area contributed by atoms with Gasteiger partial charge in [-0.15, -0.1) is 0 Å². The molecule has 0 heterocycles. The second-order valence-corrected chi connectivity index (χ2v) is 6.50. The minimum atomic E-state index is 0.381. The molecule has 1 unspecified atom stereocenters. The highest BCUT2D eigenvalue weighted by Gasteiger charge is 2.25. The molecule has 0 aliphatic heterocycles. The van der Waals surface area contributed by atoms with Crippen molar-refractivity contribution in [3.63, 3.8) is 0 Å². The predicted octanol–water partition coefficient (Wildman–Crippen LogP) is 5.10. The van der Waals surface area contributed by atoms with Crippen LogP contribution in [0.15, 0.2) is 46.9 Å². The first-order valence-electron chi connectivity index (χ1n) is 7.25. The number of hydrogen-bond donors (Lipinski definition) is 1. The van der Waals surface area contributed by atoms with Crippen LogP contribution in [0.2, 0.25) is 0 Å². The van der Waals surface area contributed by atoms with Crippen molar-refractivity contribution in [3.8, 4) is 0 Å². The van der Waals surface area contributed by atoms with E-state index in [4.69, 9.17) is 0 Å². The van der Waals surface area contributed by atoms with E-state index in [9.17, 15) is 0 Å². The van der Waals surface area contributed by atoms with Crippen LogP contribution >= 0.6 is 15.9 Å². The Morgan fingerprint density at radius 1 is 1.15 bits per heavy atom. The monoisotopic (exact) mass is 329 g/mol. The molecule has 0 bridgehead atoms. The summed E-state index contributed by atoms with van der Waals surface area (Å²) in [6.45, 7) is 4.45. The number of aryl methyl sites for hydroxylation is 1. The van der Waals surface area contributed by atoms with Crippen molar-refractivity contribution in [2.75, 3.05) is 0 Å². The minimum Gasteiger partial charge on any atom is -0.303 e. The molecule has 0 radical (unpaired) electrons. The third-order valence-corrected chi connectivity index (χ3v) is 5.06. The van der Waals surface area contributed by atoms with E-state index in [0.29, 0.717) is 12.1 Å². The third kappa shape index (κ3) is 2.55. The summed E-state index contributed by atoms with van der Waals surface area (Å²) in [5.74, 6) is 0. The Labute approximate surface area is 129 Å². The van der Waals surface area contributed by atoms with Crippen LogP contribution < -0.4 is 5.32 Å². The van der Waals surface area contributed by atoms with Gasteiger partial charge in [0.1, 0.15) is 0 Å². The van der Waals surface area contributed by atoms with E-state index in [2.05, 4.69) is 77.6 Å². The summed E-state index contributed by atoms with van der Waals surface area (Å²) in [5.41, 5.74) is 5.69. The number of hydrogen-bond acceptors (Lipinski definition) is 1. The number of fused-ring (bicyclic) bond motifs is 1. The summed E-state index contributed by atoms with van der Waals surface area (Å²) in [6, 6.07) is 16.0. The van der Waals surface area contributed by atoms with Gasteiger partial charge in [-0.25, -0.2) is 0 Å². The fourth-order valence-corrected chi connectivity index (χ4v) is 3.83. The quantitative estimate of drug-likeness (QED) is 0.826. The third-order valence-electron chi connectivity index (χ3n) is 4.32. The minimum absolute atomic E-state index is 0.381. The normalized spacial score (nSPS) is 18.9. The van der Waals surface area contributed by atoms with Crippen molar-refractivity contribution in [3.05, 3.63) is 69.2 Å². The van der Waals surface area contributed by atoms with Crippen LogP contribution in [-0.2, 0) is 6.42 Å². The first kappa shape index (κ1) is 13.8. The van der Waals surface area contributed by atoms with E-state index in [1.807, 2.05) is 0 Å². The summed E-state index contributed by atoms with van der Waals surface area (Å²) in [5, 5.41) is 3.80. The molecule has 0 saturated heterocycles. The largest absolute Gasteiger partial charge is 0.303 e. The van der Waals surface area contributed by atoms with Crippen molar-refractivity contribution >= 4 is 15.9 Å². The summed E-state index contributed by atoms with van der Waals surface area (Å²) >= 11 is 3.67. The SMILES string of the molecule is Cc1ccccc1[C@@H](C)NC1CCc2c(Br)cccc21. The van der Waals surface area contributed by atoms with E-state index in [1.165, 1.54) is 33.1 Å². The van der Waals surface area contributed by atoms with Gasteiger partial charge in [0.2, 0.25) is 0 Å². The highest BCUT2D eigenvalue weighted by molar-refractivity contribution is 9.10. The molecule has 0 amide bonds. The van der Waals surface area contributed by atoms with Crippen molar-refractivity contribution in [2.24, 2.45) is 0 Å². The molecular weight excluding hydrogens is 310 g/mol. The van der Waals surface area contributed by atoms with Gasteiger partial charge in [-0.3, -0.25) is 0 Å². The molecule has 2 aromatic carbocycles. The fraction of sp³-hybridized carbons (Fsp3) is 0.333. The van der Waals surface area contributed by atoms with E-state index >= 15 is 0 Å². The van der Waals surface area contributed by atoms with Crippen LogP contribution in [0, 0.1) is 6.92 Å². The molecule has 1 N–H and O–H groups in total. The summed E-state index contributed by atoms with van der Waals surface area (Å²) in [7, 11) is 0. The maximum atomic E-state index is 3.80. The van der Waals surface area contributed by atoms with Crippen LogP contribution in [0.4, 0.5) is 0 Å². The molecule has 2 aromatic rings. The summed E-state index contributed by atoms with van der Waals surface area (Å²) < 4.78 is 1.25. The Morgan fingerprint density at radius 2 is 1.95 bits per heavy atom. The van der Waals surface area contributed by atoms with Gasteiger partial charge in [-0.05, 0) is 55.0 Å². The van der Waals surface area contributed by atoms with Crippen LogP contribution in [-0.4, -0.2) is 0 Å². The van der Waals surface area contributed by atoms with Gasteiger partial charge in [-0.2, -0.15) is 0 Å². The molecule has 0 fully saturated rings. The highest BCUT2D eigenvalue weighted by atomic mass is 79.9. The maximum absolute atomic E-state index is 3.80. The smallest absolute Gasteiger partial charge is 0.0331 e. The van der Waals surface area contributed by atoms with Gasteiger partial charge in [-0.1, -0.05) is 52.3 Å². The topological polar surface area (TPSA) is 12.0 Å². The van der Waals surface area contributed by atoms with E-state index < -0.39 is 0 Å². The molecule has 0 aromatic heterocycles. The molecule has 3 rings (SSSR count). The molecule has 20 heavy (non-hydrogen) atoms. The maximum Gasteiger partial charge on any atom is 0.0331 e. The average Bonchev–Trinajstić information content (AvgIpc) is 2.84. The van der Waals surface area contributed by atoms with E-state index in [-0.39, 0.29) is 0 Å². The molecule has 1 aliphatic carbocycles. The number of halogens is 1. The first-order chi connectivity index (χ1) is 9.66. The van der Waals surface area contributed by atoms with Gasteiger partial charge >= 0.3 is 0 Å². The number of benzene rings is 2. The Morgan fingerprint density at radius 3 is 2.75 bits per heavy atom. The van der Waals surface area contributed by atoms with Crippen LogP contribution in [0.3, 0.4) is 0 Å². The second kappa shape index (κ2) is 5.71. The van der Waals surface area contributed by atoms with E-state index in [0.717, 1.165) is 6.42 Å². The molecule has 104 valence electrons. The molecule has 1 nitrogen and oxygen atoms in total. The van der Waals surface area contributed by atoms with Crippen LogP contribution in [0.1, 0.15) is 47.7 Å². The Kier molecular flexibility index (Phi) is 3.95. The van der Waals surface area contributed by atoms with Gasteiger partial charge < -0.3 is 5.32 Å². The predicted molar refractivity (Wildman–Crippen MR) is 87.9 cm³/mol. The molecule has 0 saturated carbocycles. The molecule has 0 spiro atoms. The number of nitrogens with one attached hydrogen (secondary N) is 1. The molecule has 2 heteroatoms. The van der Waals surface area contributed by atoms with Crippen molar-refractivity contribution in [2.45, 2.75) is 38.8 Å². The van der Waals surface area contributed by atoms with Crippen molar-refractivity contribution in [1.82, 2.24) is 5.32 Å². The highest BCUT2D eigenvalue weighted by Crippen LogP contribution is 2.37. The zero-order valence-electron chi connectivity index (χ0n) is 12.0. The standard InChI is InChI=1S/C18H20BrN/c1-12-6-3-4-7-14(12)13(2)20-18-11-10-15-16(18)8-5-9-17(15)19/h3-9,13,18,20H,10-11H2,1-2H3/t13-,18?/m1/s1. The zero-order valence-corrected chi connectivity index (χ0v) is 13.6. The van der Waals surface area contributed by atoms with Crippen LogP contribution in [0.25, 0.3) is 0 Å². The lowest BCUT2D eigenvalue weighted by atomic mass is 10.0. The average molecular weight is 330 g/mol. The van der Waals surface area contributed by atoms with Crippen molar-refractivity contribution < 1.29 is 0 Å². The lowest BCUT2D eigenvalue weighted by Gasteiger charge is -2.22. The van der Waals surface area contributed by atoms with Gasteiger partial charge in [0, 0.05) is 16.6 Å². The molecule has 1 aliphatic rings. The molecule has 2 atom stereocenters. The lowest BCUT2D eigenvalue weighted by molar-refractivity contribution is 0.464. The van der Waals surface area contributed by atoms with E-state index in [1.54, 1.807) is 0 Å². The van der Waals surface area contributed by atoms with Gasteiger partial charge in [0.15, 0.2) is 0 Å². The van der Waals surface area contributed by atoms with Crippen LogP contribution in [0.5, 0.6) is 0 Å². The molecular formula is C18H20BrN. The second-order valence-electron chi connectivity index (χ2n) is 5.64. The summed E-state index contributed by atoms with van der Waals surface area (Å²) in [4.78, 5) is 0. The Bertz CT molecular complexity index is 621. The fourth-order valence-electron chi connectivity index (χ4n) is 3.25. The van der Waals surface area contributed by atoms with Gasteiger partial charge in [0.25, 0.3) is 0 Å². The lowest BCUT2D eigenvalue weighted by Crippen LogP contribution is -2.23. The van der Waals surface area contributed by atoms with Gasteiger partial charge in [0.05, 0.1) is 0 Å². The Balaban J connectivity index is 1.81. The van der Waals surface area contributed by atoms with Crippen molar-refractivity contribution in [1.29, 1.82) is 0 Å². The first-order valence-corrected chi connectivity index (χ1v) is 8.05. The summed E-state index contributed by atoms with van der Waals surface area (Å²) in [6.07, 6.45) is 2.35. The zero-order chi connectivity index (χ0) is 14.1. The number of rotatable bonds is 3.